The number of nitrogens with one attached hydrogen (secondary N) is 2. The monoisotopic (exact) mass is 583 g/mol. The van der Waals surface area contributed by atoms with Gasteiger partial charge in [-0.15, -0.1) is 6.42 Å². The normalized spacial score (nSPS) is 14.4. The number of thiocarbonyl (C=S) groups is 1. The Bertz CT molecular complexity index is 1490. The van der Waals surface area contributed by atoms with Crippen LogP contribution in [0.25, 0.3) is 11.2 Å². The average molecular weight is 584 g/mol. The van der Waals surface area contributed by atoms with Gasteiger partial charge in [0.2, 0.25) is 0 Å². The molecule has 0 saturated carbocycles. The summed E-state index contributed by atoms with van der Waals surface area (Å²) < 4.78 is 1.76. The Labute approximate surface area is 251 Å². The van der Waals surface area contributed by atoms with Crippen molar-refractivity contribution in [3.8, 4) is 12.3 Å². The zero-order chi connectivity index (χ0) is 29.7. The van der Waals surface area contributed by atoms with Gasteiger partial charge in [0, 0.05) is 44.1 Å². The highest BCUT2D eigenvalue weighted by Gasteiger charge is 2.26. The Kier molecular flexibility index (Phi) is 11.1. The molecule has 4 aromatic rings. The number of nitrogens with zero attached hydrogens (tertiary/aromatic N) is 6. The van der Waals surface area contributed by atoms with E-state index in [1.54, 1.807) is 10.9 Å². The number of nitrogen functional groups attached to an aromatic ring is 1. The third-order valence-corrected chi connectivity index (χ3v) is 7.29. The second-order valence-electron chi connectivity index (χ2n) is 9.69. The summed E-state index contributed by atoms with van der Waals surface area (Å²) >= 11 is 5.44. The van der Waals surface area contributed by atoms with Crippen molar-refractivity contribution in [2.45, 2.75) is 19.0 Å². The molecule has 0 spiro atoms. The van der Waals surface area contributed by atoms with Crippen LogP contribution in [0.3, 0.4) is 0 Å². The standard InChI is InChI=1S/C22H25N3S.C8H12N8/c1-2-13-23-22(26)25-16-14-24(15-17-25)21(20-11-7-4-8-12-20)18-19-9-5-3-6-10-19;9-5(1-15-11)2-16-4-14-6-7(10)12-3-13-8(6)16/h1,3-12,21H,13-18H2,(H,23,26);1,3-4,15H,2,9,11H2,(H2,10,12,13)/b;5-1-. The molecule has 3 heterocycles. The van der Waals surface area contributed by atoms with Gasteiger partial charge in [-0.25, -0.2) is 15.0 Å². The van der Waals surface area contributed by atoms with E-state index in [0.717, 1.165) is 37.7 Å². The van der Waals surface area contributed by atoms with Gasteiger partial charge in [0.1, 0.15) is 11.8 Å². The second-order valence-corrected chi connectivity index (χ2v) is 10.1. The first-order valence-corrected chi connectivity index (χ1v) is 14.0. The van der Waals surface area contributed by atoms with E-state index >= 15 is 0 Å². The fraction of sp³-hybridized carbons (Fsp3) is 0.267. The number of allylic oxidation sites excluding steroid dienone is 1. The Morgan fingerprint density at radius 3 is 2.38 bits per heavy atom. The van der Waals surface area contributed by atoms with E-state index in [-0.39, 0.29) is 0 Å². The molecule has 218 valence electrons. The molecule has 0 bridgehead atoms. The van der Waals surface area contributed by atoms with Crippen molar-refractivity contribution in [1.29, 1.82) is 0 Å². The number of hydrazine groups is 1. The van der Waals surface area contributed by atoms with Crippen molar-refractivity contribution >= 4 is 34.3 Å². The van der Waals surface area contributed by atoms with E-state index in [4.69, 9.17) is 36.0 Å². The van der Waals surface area contributed by atoms with Crippen molar-refractivity contribution in [3.05, 3.63) is 96.3 Å². The summed E-state index contributed by atoms with van der Waals surface area (Å²) in [6.45, 7) is 4.74. The summed E-state index contributed by atoms with van der Waals surface area (Å²) in [5, 5.41) is 3.89. The molecule has 8 N–H and O–H groups in total. The zero-order valence-electron chi connectivity index (χ0n) is 23.4. The number of imidazole rings is 1. The average Bonchev–Trinajstić information content (AvgIpc) is 3.44. The number of hydrogen-bond donors (Lipinski definition) is 5. The lowest BCUT2D eigenvalue weighted by Gasteiger charge is -2.40. The Morgan fingerprint density at radius 1 is 1.02 bits per heavy atom. The fourth-order valence-electron chi connectivity index (χ4n) is 4.81. The summed E-state index contributed by atoms with van der Waals surface area (Å²) in [7, 11) is 0. The van der Waals surface area contributed by atoms with E-state index in [9.17, 15) is 0 Å². The molecule has 2 aromatic heterocycles. The van der Waals surface area contributed by atoms with E-state index < -0.39 is 0 Å². The van der Waals surface area contributed by atoms with E-state index in [0.29, 0.717) is 41.8 Å². The lowest BCUT2D eigenvalue weighted by atomic mass is 9.97. The molecule has 1 unspecified atom stereocenters. The van der Waals surface area contributed by atoms with Crippen LogP contribution < -0.4 is 28.1 Å². The summed E-state index contributed by atoms with van der Waals surface area (Å²) in [5.74, 6) is 8.05. The van der Waals surface area contributed by atoms with Crippen molar-refractivity contribution in [1.82, 2.24) is 40.1 Å². The number of benzene rings is 2. The first-order valence-electron chi connectivity index (χ1n) is 13.6. The maximum absolute atomic E-state index is 5.70. The SMILES string of the molecule is C#CCNC(=S)N1CCN(C(Cc2ccccc2)c2ccccc2)CC1.NN/C=C(\N)Cn1cnc2c(N)ncnc21. The smallest absolute Gasteiger partial charge is 0.169 e. The first-order chi connectivity index (χ1) is 20.5. The second kappa shape index (κ2) is 15.3. The fourth-order valence-corrected chi connectivity index (χ4v) is 5.06. The molecule has 1 aliphatic rings. The quantitative estimate of drug-likeness (QED) is 0.0893. The maximum Gasteiger partial charge on any atom is 0.169 e. The first kappa shape index (κ1) is 30.3. The highest BCUT2D eigenvalue weighted by atomic mass is 32.1. The number of anilines is 1. The summed E-state index contributed by atoms with van der Waals surface area (Å²) in [4.78, 5) is 16.8. The molecule has 0 radical (unpaired) electrons. The molecule has 1 fully saturated rings. The number of rotatable bonds is 8. The van der Waals surface area contributed by atoms with Crippen LogP contribution in [-0.4, -0.2) is 67.2 Å². The minimum Gasteiger partial charge on any atom is -0.399 e. The van der Waals surface area contributed by atoms with Gasteiger partial charge >= 0.3 is 0 Å². The summed E-state index contributed by atoms with van der Waals surface area (Å²) in [6.07, 6.45) is 10.8. The molecular formula is C30H37N11S. The lowest BCUT2D eigenvalue weighted by Crippen LogP contribution is -2.52. The highest BCUT2D eigenvalue weighted by molar-refractivity contribution is 7.80. The topological polar surface area (TPSA) is 152 Å². The van der Waals surface area contributed by atoms with Gasteiger partial charge in [-0.05, 0) is 29.8 Å². The van der Waals surface area contributed by atoms with E-state index in [1.165, 1.54) is 23.7 Å². The number of hydrogen-bond acceptors (Lipinski definition) is 9. The minimum atomic E-state index is 0.350. The molecule has 2 aromatic carbocycles. The Balaban J connectivity index is 0.000000216. The molecular weight excluding hydrogens is 546 g/mol. The number of aromatic nitrogens is 4. The number of piperazine rings is 1. The van der Waals surface area contributed by atoms with Crippen LogP contribution >= 0.6 is 12.2 Å². The van der Waals surface area contributed by atoms with Crippen molar-refractivity contribution in [3.63, 3.8) is 0 Å². The van der Waals surface area contributed by atoms with Crippen LogP contribution in [0.2, 0.25) is 0 Å². The molecule has 0 amide bonds. The van der Waals surface area contributed by atoms with Crippen LogP contribution in [0.15, 0.2) is 85.2 Å². The van der Waals surface area contributed by atoms with Gasteiger partial charge < -0.3 is 31.7 Å². The Hall–Kier alpha value is -4.70. The van der Waals surface area contributed by atoms with Crippen LogP contribution in [0.5, 0.6) is 0 Å². The number of fused-ring (bicyclic) bond motifs is 1. The molecule has 12 heteroatoms. The summed E-state index contributed by atoms with van der Waals surface area (Å²) in [6, 6.07) is 21.9. The molecule has 1 saturated heterocycles. The summed E-state index contributed by atoms with van der Waals surface area (Å²) in [5.41, 5.74) is 18.2. The zero-order valence-corrected chi connectivity index (χ0v) is 24.3. The molecule has 0 aliphatic carbocycles. The van der Waals surface area contributed by atoms with E-state index in [1.807, 2.05) is 0 Å². The minimum absolute atomic E-state index is 0.350. The van der Waals surface area contributed by atoms with Gasteiger partial charge in [0.25, 0.3) is 0 Å². The predicted molar refractivity (Wildman–Crippen MR) is 171 cm³/mol. The molecule has 1 atom stereocenters. The van der Waals surface area contributed by atoms with Crippen LogP contribution in [-0.2, 0) is 13.0 Å². The van der Waals surface area contributed by atoms with Crippen LogP contribution in [0.1, 0.15) is 17.2 Å². The third kappa shape index (κ3) is 8.17. The van der Waals surface area contributed by atoms with Crippen LogP contribution in [0, 0.1) is 12.3 Å². The molecule has 1 aliphatic heterocycles. The van der Waals surface area contributed by atoms with Crippen molar-refractivity contribution < 1.29 is 0 Å². The van der Waals surface area contributed by atoms with Gasteiger partial charge in [-0.3, -0.25) is 10.7 Å². The molecule has 5 rings (SSSR count). The largest absolute Gasteiger partial charge is 0.399 e. The third-order valence-electron chi connectivity index (χ3n) is 6.89. The molecule has 42 heavy (non-hydrogen) atoms. The van der Waals surface area contributed by atoms with E-state index in [2.05, 4.69) is 102 Å². The van der Waals surface area contributed by atoms with Gasteiger partial charge in [-0.1, -0.05) is 66.6 Å². The molecule has 11 nitrogen and oxygen atoms in total. The van der Waals surface area contributed by atoms with Gasteiger partial charge in [0.15, 0.2) is 16.6 Å². The number of terminal acetylenes is 1. The Morgan fingerprint density at radius 2 is 1.71 bits per heavy atom. The highest BCUT2D eigenvalue weighted by Crippen LogP contribution is 2.26. The predicted octanol–water partition coefficient (Wildman–Crippen LogP) is 1.77. The van der Waals surface area contributed by atoms with Crippen LogP contribution in [0.4, 0.5) is 5.82 Å². The number of nitrogens with two attached hydrogens (primary N) is 3. The van der Waals surface area contributed by atoms with Crippen molar-refractivity contribution in [2.75, 3.05) is 38.5 Å². The van der Waals surface area contributed by atoms with Gasteiger partial charge in [0.05, 0.1) is 19.4 Å². The lowest BCUT2D eigenvalue weighted by molar-refractivity contribution is 0.130. The van der Waals surface area contributed by atoms with Crippen molar-refractivity contribution in [2.24, 2.45) is 11.6 Å². The van der Waals surface area contributed by atoms with Gasteiger partial charge in [-0.2, -0.15) is 0 Å². The maximum atomic E-state index is 5.70.